The number of nitrogens with two attached hydrogens (primary N) is 1. The van der Waals surface area contributed by atoms with E-state index in [2.05, 4.69) is 17.2 Å². The summed E-state index contributed by atoms with van der Waals surface area (Å²) in [5.74, 6) is 0.553. The van der Waals surface area contributed by atoms with E-state index < -0.39 is 0 Å². The average molecular weight is 324 g/mol. The molecule has 5 heteroatoms. The Balaban J connectivity index is 2.09. The second-order valence-electron chi connectivity index (χ2n) is 5.00. The number of hydrogen-bond acceptors (Lipinski definition) is 3. The van der Waals surface area contributed by atoms with Crippen molar-refractivity contribution in [1.82, 2.24) is 10.3 Å². The molecule has 0 saturated carbocycles. The standard InChI is InChI=1S/C16H19Cl2N3/c1-2-20-13(8-12-5-6-21-16(19)10-12)7-11-3-4-14(17)15(18)9-11/h3-6,9-10,13,20H,2,7-8H2,1H3,(H2,19,21). The number of nitrogens with one attached hydrogen (secondary N) is 1. The number of benzene rings is 1. The van der Waals surface area contributed by atoms with Crippen molar-refractivity contribution in [3.63, 3.8) is 0 Å². The molecule has 112 valence electrons. The van der Waals surface area contributed by atoms with Gasteiger partial charge in [-0.05, 0) is 54.8 Å². The number of aromatic nitrogens is 1. The molecule has 0 bridgehead atoms. The Kier molecular flexibility index (Phi) is 5.85. The molecular formula is C16H19Cl2N3. The van der Waals surface area contributed by atoms with Crippen LogP contribution in [0.25, 0.3) is 0 Å². The molecule has 0 saturated heterocycles. The van der Waals surface area contributed by atoms with Crippen LogP contribution in [-0.4, -0.2) is 17.6 Å². The quantitative estimate of drug-likeness (QED) is 0.851. The first-order valence-electron chi connectivity index (χ1n) is 6.96. The summed E-state index contributed by atoms with van der Waals surface area (Å²) in [7, 11) is 0. The predicted molar refractivity (Wildman–Crippen MR) is 90.0 cm³/mol. The fourth-order valence-electron chi connectivity index (χ4n) is 2.36. The first-order valence-corrected chi connectivity index (χ1v) is 7.71. The van der Waals surface area contributed by atoms with Gasteiger partial charge in [-0.15, -0.1) is 0 Å². The normalized spacial score (nSPS) is 12.3. The molecule has 3 nitrogen and oxygen atoms in total. The van der Waals surface area contributed by atoms with Crippen LogP contribution in [0.15, 0.2) is 36.5 Å². The highest BCUT2D eigenvalue weighted by atomic mass is 35.5. The minimum Gasteiger partial charge on any atom is -0.384 e. The first-order chi connectivity index (χ1) is 10.1. The Bertz CT molecular complexity index is 602. The van der Waals surface area contributed by atoms with E-state index in [1.807, 2.05) is 30.3 Å². The third kappa shape index (κ3) is 4.88. The van der Waals surface area contributed by atoms with Gasteiger partial charge in [0, 0.05) is 12.2 Å². The summed E-state index contributed by atoms with van der Waals surface area (Å²) in [6.07, 6.45) is 3.51. The Labute approximate surface area is 135 Å². The van der Waals surface area contributed by atoms with Crippen LogP contribution in [0, 0.1) is 0 Å². The molecule has 0 spiro atoms. The van der Waals surface area contributed by atoms with Gasteiger partial charge < -0.3 is 11.1 Å². The van der Waals surface area contributed by atoms with Gasteiger partial charge in [0.2, 0.25) is 0 Å². The lowest BCUT2D eigenvalue weighted by Crippen LogP contribution is -2.33. The number of anilines is 1. The Morgan fingerprint density at radius 2 is 1.81 bits per heavy atom. The Morgan fingerprint density at radius 1 is 1.10 bits per heavy atom. The number of nitrogen functional groups attached to an aromatic ring is 1. The summed E-state index contributed by atoms with van der Waals surface area (Å²) >= 11 is 12.0. The number of hydrogen-bond donors (Lipinski definition) is 2. The van der Waals surface area contributed by atoms with Crippen molar-refractivity contribution in [2.24, 2.45) is 0 Å². The molecule has 0 aliphatic heterocycles. The Hall–Kier alpha value is -1.29. The maximum atomic E-state index is 6.08. The largest absolute Gasteiger partial charge is 0.384 e. The van der Waals surface area contributed by atoms with Crippen LogP contribution in [0.4, 0.5) is 5.82 Å². The summed E-state index contributed by atoms with van der Waals surface area (Å²) in [4.78, 5) is 4.02. The third-order valence-corrected chi connectivity index (χ3v) is 4.03. The van der Waals surface area contributed by atoms with Crippen molar-refractivity contribution in [3.05, 3.63) is 57.7 Å². The van der Waals surface area contributed by atoms with Gasteiger partial charge in [-0.25, -0.2) is 4.98 Å². The smallest absolute Gasteiger partial charge is 0.123 e. The van der Waals surface area contributed by atoms with Gasteiger partial charge >= 0.3 is 0 Å². The molecule has 1 aromatic carbocycles. The molecule has 0 fully saturated rings. The van der Waals surface area contributed by atoms with Gasteiger partial charge in [-0.1, -0.05) is 36.2 Å². The molecule has 0 aliphatic carbocycles. The summed E-state index contributed by atoms with van der Waals surface area (Å²) in [5.41, 5.74) is 8.07. The minimum absolute atomic E-state index is 0.314. The maximum Gasteiger partial charge on any atom is 0.123 e. The molecule has 1 atom stereocenters. The SMILES string of the molecule is CCNC(Cc1ccnc(N)c1)Cc1ccc(Cl)c(Cl)c1. The van der Waals surface area contributed by atoms with E-state index in [0.717, 1.165) is 24.9 Å². The van der Waals surface area contributed by atoms with Gasteiger partial charge in [0.05, 0.1) is 10.0 Å². The van der Waals surface area contributed by atoms with E-state index >= 15 is 0 Å². The van der Waals surface area contributed by atoms with Crippen LogP contribution in [0.5, 0.6) is 0 Å². The number of likely N-dealkylation sites (N-methyl/N-ethyl adjacent to an activating group) is 1. The van der Waals surface area contributed by atoms with Gasteiger partial charge in [-0.2, -0.15) is 0 Å². The fourth-order valence-corrected chi connectivity index (χ4v) is 2.68. The monoisotopic (exact) mass is 323 g/mol. The molecule has 0 aliphatic rings. The second kappa shape index (κ2) is 7.64. The summed E-state index contributed by atoms with van der Waals surface area (Å²) in [6, 6.07) is 10.0. The van der Waals surface area contributed by atoms with E-state index in [1.165, 1.54) is 5.56 Å². The molecule has 2 rings (SSSR count). The zero-order valence-corrected chi connectivity index (χ0v) is 13.5. The maximum absolute atomic E-state index is 6.08. The van der Waals surface area contributed by atoms with Crippen LogP contribution in [-0.2, 0) is 12.8 Å². The molecule has 1 unspecified atom stereocenters. The van der Waals surface area contributed by atoms with Gasteiger partial charge in [0.25, 0.3) is 0 Å². The lowest BCUT2D eigenvalue weighted by molar-refractivity contribution is 0.521. The van der Waals surface area contributed by atoms with E-state index in [0.29, 0.717) is 21.9 Å². The number of halogens is 2. The van der Waals surface area contributed by atoms with Gasteiger partial charge in [0.15, 0.2) is 0 Å². The minimum atomic E-state index is 0.314. The first kappa shape index (κ1) is 16.1. The van der Waals surface area contributed by atoms with Crippen molar-refractivity contribution in [2.75, 3.05) is 12.3 Å². The highest BCUT2D eigenvalue weighted by molar-refractivity contribution is 6.42. The molecule has 1 aromatic heterocycles. The van der Waals surface area contributed by atoms with Crippen molar-refractivity contribution >= 4 is 29.0 Å². The van der Waals surface area contributed by atoms with Crippen LogP contribution < -0.4 is 11.1 Å². The molecular weight excluding hydrogens is 305 g/mol. The molecule has 0 amide bonds. The highest BCUT2D eigenvalue weighted by Gasteiger charge is 2.11. The van der Waals surface area contributed by atoms with Gasteiger partial charge in [-0.3, -0.25) is 0 Å². The molecule has 21 heavy (non-hydrogen) atoms. The highest BCUT2D eigenvalue weighted by Crippen LogP contribution is 2.23. The average Bonchev–Trinajstić information content (AvgIpc) is 2.43. The number of nitrogens with zero attached hydrogens (tertiary/aromatic N) is 1. The number of pyridine rings is 1. The number of rotatable bonds is 6. The topological polar surface area (TPSA) is 50.9 Å². The lowest BCUT2D eigenvalue weighted by Gasteiger charge is -2.18. The summed E-state index contributed by atoms with van der Waals surface area (Å²) in [5, 5.41) is 4.68. The van der Waals surface area contributed by atoms with Crippen LogP contribution in [0.1, 0.15) is 18.1 Å². The molecule has 2 aromatic rings. The summed E-state index contributed by atoms with van der Waals surface area (Å²) < 4.78 is 0. The van der Waals surface area contributed by atoms with Crippen molar-refractivity contribution in [2.45, 2.75) is 25.8 Å². The Morgan fingerprint density at radius 3 is 2.43 bits per heavy atom. The van der Waals surface area contributed by atoms with E-state index in [9.17, 15) is 0 Å². The molecule has 0 radical (unpaired) electrons. The van der Waals surface area contributed by atoms with Gasteiger partial charge in [0.1, 0.15) is 5.82 Å². The van der Waals surface area contributed by atoms with E-state index in [-0.39, 0.29) is 0 Å². The lowest BCUT2D eigenvalue weighted by atomic mass is 9.99. The molecule has 1 heterocycles. The van der Waals surface area contributed by atoms with Crippen LogP contribution in [0.2, 0.25) is 10.0 Å². The predicted octanol–water partition coefficient (Wildman–Crippen LogP) is 3.73. The third-order valence-electron chi connectivity index (χ3n) is 3.29. The summed E-state index contributed by atoms with van der Waals surface area (Å²) in [6.45, 7) is 3.01. The zero-order valence-electron chi connectivity index (χ0n) is 11.9. The zero-order chi connectivity index (χ0) is 15.2. The van der Waals surface area contributed by atoms with E-state index in [1.54, 1.807) is 6.20 Å². The second-order valence-corrected chi connectivity index (χ2v) is 5.81. The van der Waals surface area contributed by atoms with Crippen LogP contribution in [0.3, 0.4) is 0 Å². The fraction of sp³-hybridized carbons (Fsp3) is 0.312. The molecule has 3 N–H and O–H groups in total. The van der Waals surface area contributed by atoms with E-state index in [4.69, 9.17) is 28.9 Å². The van der Waals surface area contributed by atoms with Crippen LogP contribution >= 0.6 is 23.2 Å². The van der Waals surface area contributed by atoms with Crippen molar-refractivity contribution < 1.29 is 0 Å². The van der Waals surface area contributed by atoms with Crippen molar-refractivity contribution in [1.29, 1.82) is 0 Å². The van der Waals surface area contributed by atoms with Crippen molar-refractivity contribution in [3.8, 4) is 0 Å².